The van der Waals surface area contributed by atoms with Gasteiger partial charge in [-0.1, -0.05) is 6.07 Å². The lowest BCUT2D eigenvalue weighted by Gasteiger charge is -2.20. The number of carbonyl (C=O) groups is 1. The molecule has 1 amide bonds. The molecule has 1 aliphatic rings. The van der Waals surface area contributed by atoms with Crippen molar-refractivity contribution in [3.05, 3.63) is 29.3 Å². The van der Waals surface area contributed by atoms with Crippen LogP contribution in [0.1, 0.15) is 35.2 Å². The Morgan fingerprint density at radius 3 is 3.16 bits per heavy atom. The Morgan fingerprint density at radius 2 is 2.32 bits per heavy atom. The Balaban J connectivity index is 1.92. The molecule has 0 bridgehead atoms. The van der Waals surface area contributed by atoms with Gasteiger partial charge in [-0.25, -0.2) is 0 Å². The van der Waals surface area contributed by atoms with E-state index in [1.165, 1.54) is 11.3 Å². The summed E-state index contributed by atoms with van der Waals surface area (Å²) in [6.07, 6.45) is 6.43. The summed E-state index contributed by atoms with van der Waals surface area (Å²) in [5.41, 5.74) is 3.14. The fraction of sp³-hybridized carbons (Fsp3) is 0.533. The highest BCUT2D eigenvalue weighted by Crippen LogP contribution is 2.25. The van der Waals surface area contributed by atoms with Crippen molar-refractivity contribution in [1.29, 1.82) is 0 Å². The third-order valence-corrected chi connectivity index (χ3v) is 4.10. The van der Waals surface area contributed by atoms with Crippen molar-refractivity contribution in [2.24, 2.45) is 0 Å². The average Bonchev–Trinajstić information content (AvgIpc) is 2.46. The number of unbranched alkanes of at least 4 members (excludes halogenated alkanes) is 1. The molecular formula is C15H22N2OS. The molecule has 0 saturated heterocycles. The second kappa shape index (κ2) is 7.43. The second-order valence-electron chi connectivity index (χ2n) is 4.82. The van der Waals surface area contributed by atoms with Crippen LogP contribution in [0.15, 0.2) is 18.2 Å². The van der Waals surface area contributed by atoms with E-state index >= 15 is 0 Å². The molecule has 0 fully saturated rings. The number of rotatable bonds is 6. The first-order valence-electron chi connectivity index (χ1n) is 6.96. The van der Waals surface area contributed by atoms with Crippen molar-refractivity contribution in [1.82, 2.24) is 5.32 Å². The van der Waals surface area contributed by atoms with Crippen molar-refractivity contribution >= 4 is 23.4 Å². The maximum absolute atomic E-state index is 12.2. The summed E-state index contributed by atoms with van der Waals surface area (Å²) in [6.45, 7) is 1.78. The first-order valence-corrected chi connectivity index (χ1v) is 8.35. The molecule has 104 valence electrons. The van der Waals surface area contributed by atoms with E-state index in [1.807, 2.05) is 23.9 Å². The Labute approximate surface area is 119 Å². The van der Waals surface area contributed by atoms with Gasteiger partial charge in [0.2, 0.25) is 0 Å². The van der Waals surface area contributed by atoms with Gasteiger partial charge in [0.05, 0.1) is 0 Å². The highest BCUT2D eigenvalue weighted by molar-refractivity contribution is 7.98. The predicted octanol–water partition coefficient (Wildman–Crippen LogP) is 2.92. The molecule has 3 nitrogen and oxygen atoms in total. The monoisotopic (exact) mass is 278 g/mol. The van der Waals surface area contributed by atoms with Crippen LogP contribution in [0.4, 0.5) is 5.69 Å². The van der Waals surface area contributed by atoms with E-state index in [0.717, 1.165) is 50.0 Å². The number of hydrogen-bond donors (Lipinski definition) is 2. The molecule has 1 aromatic carbocycles. The second-order valence-corrected chi connectivity index (χ2v) is 5.80. The van der Waals surface area contributed by atoms with Gasteiger partial charge >= 0.3 is 0 Å². The fourth-order valence-electron chi connectivity index (χ4n) is 2.39. The number of thioether (sulfide) groups is 1. The molecule has 0 spiro atoms. The Bertz CT molecular complexity index is 434. The molecule has 1 aliphatic heterocycles. The summed E-state index contributed by atoms with van der Waals surface area (Å²) in [7, 11) is 0. The van der Waals surface area contributed by atoms with Crippen LogP contribution in [-0.2, 0) is 6.42 Å². The highest BCUT2D eigenvalue weighted by atomic mass is 32.2. The lowest BCUT2D eigenvalue weighted by Crippen LogP contribution is -2.27. The first-order chi connectivity index (χ1) is 9.33. The van der Waals surface area contributed by atoms with E-state index in [2.05, 4.69) is 23.0 Å². The van der Waals surface area contributed by atoms with E-state index < -0.39 is 0 Å². The van der Waals surface area contributed by atoms with Crippen LogP contribution >= 0.6 is 11.8 Å². The summed E-state index contributed by atoms with van der Waals surface area (Å²) < 4.78 is 0. The van der Waals surface area contributed by atoms with Gasteiger partial charge in [-0.05, 0) is 55.4 Å². The molecular weight excluding hydrogens is 256 g/mol. The van der Waals surface area contributed by atoms with Crippen LogP contribution in [0.3, 0.4) is 0 Å². The van der Waals surface area contributed by atoms with Crippen LogP contribution in [0.5, 0.6) is 0 Å². The van der Waals surface area contributed by atoms with Crippen molar-refractivity contribution in [3.63, 3.8) is 0 Å². The maximum atomic E-state index is 12.2. The normalized spacial score (nSPS) is 13.5. The highest BCUT2D eigenvalue weighted by Gasteiger charge is 2.16. The quantitative estimate of drug-likeness (QED) is 0.786. The summed E-state index contributed by atoms with van der Waals surface area (Å²) in [5.74, 6) is 1.24. The lowest BCUT2D eigenvalue weighted by molar-refractivity contribution is 0.0952. The van der Waals surface area contributed by atoms with Gasteiger partial charge in [-0.2, -0.15) is 11.8 Å². The van der Waals surface area contributed by atoms with Gasteiger partial charge in [0.15, 0.2) is 0 Å². The molecule has 0 saturated carbocycles. The molecule has 1 aromatic rings. The van der Waals surface area contributed by atoms with Crippen molar-refractivity contribution < 1.29 is 4.79 Å². The number of carbonyl (C=O) groups excluding carboxylic acids is 1. The summed E-state index contributed by atoms with van der Waals surface area (Å²) >= 11 is 1.85. The molecule has 2 rings (SSSR count). The summed E-state index contributed by atoms with van der Waals surface area (Å²) in [6, 6.07) is 5.95. The summed E-state index contributed by atoms with van der Waals surface area (Å²) in [4.78, 5) is 12.2. The van der Waals surface area contributed by atoms with Gasteiger partial charge < -0.3 is 10.6 Å². The van der Waals surface area contributed by atoms with E-state index in [4.69, 9.17) is 0 Å². The van der Waals surface area contributed by atoms with Crippen molar-refractivity contribution in [2.75, 3.05) is 30.4 Å². The molecule has 0 atom stereocenters. The van der Waals surface area contributed by atoms with E-state index in [-0.39, 0.29) is 5.91 Å². The van der Waals surface area contributed by atoms with Crippen molar-refractivity contribution in [2.45, 2.75) is 25.7 Å². The Kier molecular flexibility index (Phi) is 5.58. The zero-order valence-electron chi connectivity index (χ0n) is 11.5. The minimum absolute atomic E-state index is 0.0738. The lowest BCUT2D eigenvalue weighted by atomic mass is 9.97. The standard InChI is InChI=1S/C15H22N2OS/c1-19-11-3-2-9-17-15(18)13-6-4-8-14-12(13)7-5-10-16-14/h4,6,8,16H,2-3,5,7,9-11H2,1H3,(H,17,18). The number of hydrogen-bond acceptors (Lipinski definition) is 3. The van der Waals surface area contributed by atoms with E-state index in [1.54, 1.807) is 0 Å². The molecule has 0 unspecified atom stereocenters. The molecule has 2 N–H and O–H groups in total. The van der Waals surface area contributed by atoms with Crippen LogP contribution in [0, 0.1) is 0 Å². The minimum Gasteiger partial charge on any atom is -0.385 e. The van der Waals surface area contributed by atoms with Crippen LogP contribution in [0.2, 0.25) is 0 Å². The first kappa shape index (κ1) is 14.3. The number of fused-ring (bicyclic) bond motifs is 1. The third-order valence-electron chi connectivity index (χ3n) is 3.40. The third kappa shape index (κ3) is 3.90. The molecule has 0 aliphatic carbocycles. The predicted molar refractivity (Wildman–Crippen MR) is 83.2 cm³/mol. The van der Waals surface area contributed by atoms with Crippen LogP contribution < -0.4 is 10.6 Å². The molecule has 19 heavy (non-hydrogen) atoms. The number of amides is 1. The number of benzene rings is 1. The topological polar surface area (TPSA) is 41.1 Å². The molecule has 1 heterocycles. The largest absolute Gasteiger partial charge is 0.385 e. The maximum Gasteiger partial charge on any atom is 0.251 e. The number of anilines is 1. The van der Waals surface area contributed by atoms with Gasteiger partial charge in [-0.15, -0.1) is 0 Å². The van der Waals surface area contributed by atoms with Gasteiger partial charge in [0.25, 0.3) is 5.91 Å². The van der Waals surface area contributed by atoms with E-state index in [0.29, 0.717) is 0 Å². The smallest absolute Gasteiger partial charge is 0.251 e. The number of nitrogens with one attached hydrogen (secondary N) is 2. The SMILES string of the molecule is CSCCCCNC(=O)c1cccc2c1CCCN2. The van der Waals surface area contributed by atoms with Gasteiger partial charge in [0.1, 0.15) is 0 Å². The average molecular weight is 278 g/mol. The zero-order chi connectivity index (χ0) is 13.5. The fourth-order valence-corrected chi connectivity index (χ4v) is 2.88. The molecule has 4 heteroatoms. The van der Waals surface area contributed by atoms with Gasteiger partial charge in [-0.3, -0.25) is 4.79 Å². The molecule has 0 aromatic heterocycles. The van der Waals surface area contributed by atoms with E-state index in [9.17, 15) is 4.79 Å². The minimum atomic E-state index is 0.0738. The molecule has 0 radical (unpaired) electrons. The van der Waals surface area contributed by atoms with Crippen molar-refractivity contribution in [3.8, 4) is 0 Å². The Hall–Kier alpha value is -1.16. The van der Waals surface area contributed by atoms with Gasteiger partial charge in [0, 0.05) is 24.3 Å². The van der Waals surface area contributed by atoms with Crippen LogP contribution in [0.25, 0.3) is 0 Å². The van der Waals surface area contributed by atoms with Crippen LogP contribution in [-0.4, -0.2) is 31.0 Å². The summed E-state index contributed by atoms with van der Waals surface area (Å²) in [5, 5.41) is 6.39. The zero-order valence-corrected chi connectivity index (χ0v) is 12.3. The Morgan fingerprint density at radius 1 is 1.42 bits per heavy atom.